The number of halogens is 1. The number of amides is 1. The van der Waals surface area contributed by atoms with Gasteiger partial charge in [0.15, 0.2) is 5.11 Å². The molecule has 0 atom stereocenters. The van der Waals surface area contributed by atoms with Gasteiger partial charge in [0, 0.05) is 4.88 Å². The van der Waals surface area contributed by atoms with Crippen molar-refractivity contribution in [2.45, 2.75) is 13.3 Å². The lowest BCUT2D eigenvalue weighted by Crippen LogP contribution is -2.31. The average Bonchev–Trinajstić information content (AvgIpc) is 3.03. The van der Waals surface area contributed by atoms with E-state index >= 15 is 0 Å². The third kappa shape index (κ3) is 2.79. The molecule has 3 nitrogen and oxygen atoms in total. The predicted octanol–water partition coefficient (Wildman–Crippen LogP) is 4.23. The van der Waals surface area contributed by atoms with Crippen LogP contribution in [0.25, 0.3) is 6.08 Å². The zero-order chi connectivity index (χ0) is 15.7. The molecule has 3 rings (SSSR count). The van der Waals surface area contributed by atoms with Gasteiger partial charge in [-0.25, -0.2) is 0 Å². The van der Waals surface area contributed by atoms with E-state index in [0.717, 1.165) is 22.5 Å². The maximum atomic E-state index is 12.7. The lowest BCUT2D eigenvalue weighted by atomic mass is 10.1. The van der Waals surface area contributed by atoms with Crippen molar-refractivity contribution in [3.8, 4) is 0 Å². The normalized spacial score (nSPS) is 16.5. The second-order valence-corrected chi connectivity index (χ2v) is 6.89. The quantitative estimate of drug-likeness (QED) is 0.665. The van der Waals surface area contributed by atoms with E-state index in [1.165, 1.54) is 11.3 Å². The zero-order valence-corrected chi connectivity index (χ0v) is 14.2. The van der Waals surface area contributed by atoms with Gasteiger partial charge in [-0.15, -0.1) is 11.3 Å². The maximum Gasteiger partial charge on any atom is 0.281 e. The van der Waals surface area contributed by atoms with Crippen LogP contribution in [-0.4, -0.2) is 11.0 Å². The largest absolute Gasteiger partial charge is 0.327 e. The van der Waals surface area contributed by atoms with Crippen LogP contribution in [-0.2, 0) is 11.2 Å². The molecule has 0 bridgehead atoms. The monoisotopic (exact) mass is 348 g/mol. The number of anilines is 1. The van der Waals surface area contributed by atoms with Crippen LogP contribution in [0.5, 0.6) is 0 Å². The number of aryl methyl sites for hydroxylation is 1. The summed E-state index contributed by atoms with van der Waals surface area (Å²) in [5, 5.41) is 3.40. The average molecular weight is 349 g/mol. The molecule has 1 amide bonds. The van der Waals surface area contributed by atoms with Crippen molar-refractivity contribution in [1.82, 2.24) is 5.32 Å². The van der Waals surface area contributed by atoms with E-state index in [0.29, 0.717) is 15.1 Å². The summed E-state index contributed by atoms with van der Waals surface area (Å²) in [4.78, 5) is 15.1. The smallest absolute Gasteiger partial charge is 0.281 e. The molecule has 1 aromatic carbocycles. The minimum absolute atomic E-state index is 0.143. The number of benzene rings is 1. The summed E-state index contributed by atoms with van der Waals surface area (Å²) in [6.07, 6.45) is 2.61. The number of nitrogens with zero attached hydrogens (tertiary/aromatic N) is 1. The number of thiophene rings is 1. The molecule has 0 unspecified atom stereocenters. The Balaban J connectivity index is 1.97. The number of carbonyl (C=O) groups is 1. The molecule has 1 aliphatic rings. The molecular weight excluding hydrogens is 336 g/mol. The highest BCUT2D eigenvalue weighted by Crippen LogP contribution is 2.28. The van der Waals surface area contributed by atoms with Gasteiger partial charge < -0.3 is 5.32 Å². The lowest BCUT2D eigenvalue weighted by molar-refractivity contribution is -0.113. The first-order valence-corrected chi connectivity index (χ1v) is 8.41. The van der Waals surface area contributed by atoms with Crippen molar-refractivity contribution < 1.29 is 4.79 Å². The van der Waals surface area contributed by atoms with Gasteiger partial charge in [-0.3, -0.25) is 9.69 Å². The molecule has 0 radical (unpaired) electrons. The van der Waals surface area contributed by atoms with Crippen LogP contribution >= 0.6 is 35.2 Å². The predicted molar refractivity (Wildman–Crippen MR) is 96.3 cm³/mol. The number of para-hydroxylation sites is 1. The van der Waals surface area contributed by atoms with E-state index in [1.54, 1.807) is 17.0 Å². The standard InChI is InChI=1S/C16H13ClN2OS2/c1-2-10-5-3-4-6-13(10)19-15(20)12(18-16(19)21)9-11-7-8-14(17)22-11/h3-9H,2H2,1H3,(H,18,21)/b12-9+. The fraction of sp³-hybridized carbons (Fsp3) is 0.125. The Labute approximate surface area is 143 Å². The summed E-state index contributed by atoms with van der Waals surface area (Å²) >= 11 is 12.7. The van der Waals surface area contributed by atoms with Gasteiger partial charge in [0.2, 0.25) is 0 Å². The molecule has 1 aliphatic heterocycles. The van der Waals surface area contributed by atoms with Gasteiger partial charge in [-0.1, -0.05) is 36.7 Å². The van der Waals surface area contributed by atoms with E-state index in [4.69, 9.17) is 23.8 Å². The van der Waals surface area contributed by atoms with Crippen molar-refractivity contribution in [2.24, 2.45) is 0 Å². The van der Waals surface area contributed by atoms with Crippen molar-refractivity contribution in [1.29, 1.82) is 0 Å². The first-order valence-electron chi connectivity index (χ1n) is 6.80. The van der Waals surface area contributed by atoms with Gasteiger partial charge in [0.25, 0.3) is 5.91 Å². The number of thiocarbonyl (C=S) groups is 1. The second kappa shape index (κ2) is 6.20. The topological polar surface area (TPSA) is 32.3 Å². The summed E-state index contributed by atoms with van der Waals surface area (Å²) in [6.45, 7) is 2.06. The van der Waals surface area contributed by atoms with Crippen molar-refractivity contribution in [3.63, 3.8) is 0 Å². The highest BCUT2D eigenvalue weighted by molar-refractivity contribution is 7.80. The highest BCUT2D eigenvalue weighted by Gasteiger charge is 2.32. The molecule has 1 saturated heterocycles. The van der Waals surface area contributed by atoms with Crippen molar-refractivity contribution in [2.75, 3.05) is 4.90 Å². The Morgan fingerprint density at radius 3 is 2.77 bits per heavy atom. The molecule has 6 heteroatoms. The first kappa shape index (κ1) is 15.2. The van der Waals surface area contributed by atoms with E-state index in [9.17, 15) is 4.79 Å². The number of carbonyl (C=O) groups excluding carboxylic acids is 1. The van der Waals surface area contributed by atoms with Crippen LogP contribution in [0.1, 0.15) is 17.4 Å². The molecule has 1 fully saturated rings. The maximum absolute atomic E-state index is 12.7. The van der Waals surface area contributed by atoms with Gasteiger partial charge >= 0.3 is 0 Å². The molecule has 2 heterocycles. The molecule has 2 aromatic rings. The summed E-state index contributed by atoms with van der Waals surface area (Å²) in [5.41, 5.74) is 2.38. The summed E-state index contributed by atoms with van der Waals surface area (Å²) in [5.74, 6) is -0.143. The molecule has 1 aromatic heterocycles. The summed E-state index contributed by atoms with van der Waals surface area (Å²) in [6, 6.07) is 11.5. The number of nitrogens with one attached hydrogen (secondary N) is 1. The molecule has 1 N–H and O–H groups in total. The third-order valence-electron chi connectivity index (χ3n) is 3.37. The third-order valence-corrected chi connectivity index (χ3v) is 4.83. The molecule has 112 valence electrons. The number of hydrogen-bond acceptors (Lipinski definition) is 3. The first-order chi connectivity index (χ1) is 10.6. The second-order valence-electron chi connectivity index (χ2n) is 4.75. The van der Waals surface area contributed by atoms with Crippen LogP contribution in [0, 0.1) is 0 Å². The van der Waals surface area contributed by atoms with Crippen LogP contribution in [0.15, 0.2) is 42.1 Å². The fourth-order valence-corrected chi connectivity index (χ4v) is 3.63. The van der Waals surface area contributed by atoms with Crippen LogP contribution in [0.2, 0.25) is 4.34 Å². The SMILES string of the molecule is CCc1ccccc1N1C(=O)/C(=C\c2ccc(Cl)s2)NC1=S. The van der Waals surface area contributed by atoms with Crippen LogP contribution in [0.3, 0.4) is 0 Å². The summed E-state index contributed by atoms with van der Waals surface area (Å²) in [7, 11) is 0. The minimum atomic E-state index is -0.143. The Hall–Kier alpha value is -1.69. The van der Waals surface area contributed by atoms with Crippen molar-refractivity contribution in [3.05, 3.63) is 56.9 Å². The van der Waals surface area contributed by atoms with E-state index in [-0.39, 0.29) is 5.91 Å². The minimum Gasteiger partial charge on any atom is -0.327 e. The van der Waals surface area contributed by atoms with Gasteiger partial charge in [-0.05, 0) is 48.5 Å². The molecule has 0 saturated carbocycles. The fourth-order valence-electron chi connectivity index (χ4n) is 2.33. The van der Waals surface area contributed by atoms with Gasteiger partial charge in [0.05, 0.1) is 10.0 Å². The molecular formula is C16H13ClN2OS2. The van der Waals surface area contributed by atoms with Gasteiger partial charge in [0.1, 0.15) is 5.70 Å². The Bertz CT molecular complexity index is 782. The zero-order valence-electron chi connectivity index (χ0n) is 11.8. The highest BCUT2D eigenvalue weighted by atomic mass is 35.5. The number of rotatable bonds is 3. The Morgan fingerprint density at radius 2 is 2.09 bits per heavy atom. The van der Waals surface area contributed by atoms with E-state index in [2.05, 4.69) is 12.2 Å². The Morgan fingerprint density at radius 1 is 1.32 bits per heavy atom. The van der Waals surface area contributed by atoms with Crippen LogP contribution in [0.4, 0.5) is 5.69 Å². The Kier molecular flexibility index (Phi) is 4.29. The van der Waals surface area contributed by atoms with Gasteiger partial charge in [-0.2, -0.15) is 0 Å². The van der Waals surface area contributed by atoms with Crippen molar-refractivity contribution >= 4 is 57.9 Å². The number of hydrogen-bond donors (Lipinski definition) is 1. The summed E-state index contributed by atoms with van der Waals surface area (Å²) < 4.78 is 0.688. The molecule has 0 aliphatic carbocycles. The van der Waals surface area contributed by atoms with Crippen LogP contribution < -0.4 is 10.2 Å². The molecule has 0 spiro atoms. The lowest BCUT2D eigenvalue weighted by Gasteiger charge is -2.17. The van der Waals surface area contributed by atoms with E-state index < -0.39 is 0 Å². The van der Waals surface area contributed by atoms with E-state index in [1.807, 2.05) is 30.3 Å². The molecule has 22 heavy (non-hydrogen) atoms.